The van der Waals surface area contributed by atoms with E-state index in [-0.39, 0.29) is 28.5 Å². The van der Waals surface area contributed by atoms with Crippen molar-refractivity contribution in [3.8, 4) is 0 Å². The molecule has 12 heteroatoms. The molecule has 1 atom stereocenters. The minimum absolute atomic E-state index is 0.0839. The molecule has 3 heterocycles. The predicted molar refractivity (Wildman–Crippen MR) is 156 cm³/mol. The van der Waals surface area contributed by atoms with E-state index in [1.807, 2.05) is 12.1 Å². The zero-order valence-corrected chi connectivity index (χ0v) is 23.7. The number of nitrogens with zero attached hydrogens (tertiary/aromatic N) is 5. The minimum atomic E-state index is -0.739. The molecule has 0 unspecified atom stereocenters. The van der Waals surface area contributed by atoms with E-state index in [4.69, 9.17) is 11.6 Å². The highest BCUT2D eigenvalue weighted by atomic mass is 35.5. The van der Waals surface area contributed by atoms with Crippen LogP contribution < -0.4 is 20.4 Å². The summed E-state index contributed by atoms with van der Waals surface area (Å²) in [5, 5.41) is 6.01. The molecule has 2 aromatic carbocycles. The maximum absolute atomic E-state index is 13.6. The topological polar surface area (TPSA) is 93.7 Å². The third-order valence-electron chi connectivity index (χ3n) is 7.27. The first-order valence-corrected chi connectivity index (χ1v) is 14.0. The van der Waals surface area contributed by atoms with Gasteiger partial charge in [0.05, 0.1) is 11.8 Å². The molecular formula is C29H32ClF2N7O2. The standard InChI is InChI=1S/C29H32ClF2N7O2/c1-37(2)28(41)22-16-20(8-9-24(22)38-10-4-3-5-11-38)34-27(40)25-7-6-12-39(25)26-23(30)17-33-29(36-26)35-21-14-18(31)13-19(32)15-21/h8-9,13-17,25H,3-7,10-12H2,1-2H3,(H,34,40)(H,33,35,36)/t25-/m0/s1. The van der Waals surface area contributed by atoms with Crippen molar-refractivity contribution in [1.82, 2.24) is 14.9 Å². The van der Waals surface area contributed by atoms with Crippen LogP contribution in [0.1, 0.15) is 42.5 Å². The van der Waals surface area contributed by atoms with Crippen LogP contribution in [0.2, 0.25) is 5.02 Å². The fourth-order valence-corrected chi connectivity index (χ4v) is 5.53. The van der Waals surface area contributed by atoms with Crippen molar-refractivity contribution in [2.45, 2.75) is 38.1 Å². The summed E-state index contributed by atoms with van der Waals surface area (Å²) in [4.78, 5) is 40.7. The van der Waals surface area contributed by atoms with Gasteiger partial charge >= 0.3 is 0 Å². The van der Waals surface area contributed by atoms with E-state index < -0.39 is 17.7 Å². The molecule has 5 rings (SSSR count). The summed E-state index contributed by atoms with van der Waals surface area (Å²) in [7, 11) is 3.42. The molecule has 216 valence electrons. The number of nitrogens with one attached hydrogen (secondary N) is 2. The zero-order chi connectivity index (χ0) is 29.1. The van der Waals surface area contributed by atoms with Crippen molar-refractivity contribution in [3.05, 3.63) is 64.8 Å². The van der Waals surface area contributed by atoms with Gasteiger partial charge in [-0.05, 0) is 62.4 Å². The Morgan fingerprint density at radius 3 is 2.41 bits per heavy atom. The summed E-state index contributed by atoms with van der Waals surface area (Å²) < 4.78 is 27.3. The van der Waals surface area contributed by atoms with Crippen LogP contribution in [0.25, 0.3) is 0 Å². The molecule has 2 saturated heterocycles. The summed E-state index contributed by atoms with van der Waals surface area (Å²) in [6.45, 7) is 2.31. The molecule has 2 fully saturated rings. The van der Waals surface area contributed by atoms with Crippen LogP contribution in [0.4, 0.5) is 37.6 Å². The molecule has 2 amide bonds. The largest absolute Gasteiger partial charge is 0.371 e. The number of hydrogen-bond acceptors (Lipinski definition) is 7. The molecule has 41 heavy (non-hydrogen) atoms. The number of amides is 2. The van der Waals surface area contributed by atoms with Gasteiger partial charge in [-0.2, -0.15) is 4.98 Å². The molecular weight excluding hydrogens is 552 g/mol. The Hall–Kier alpha value is -3.99. The smallest absolute Gasteiger partial charge is 0.255 e. The third-order valence-corrected chi connectivity index (χ3v) is 7.54. The monoisotopic (exact) mass is 583 g/mol. The quantitative estimate of drug-likeness (QED) is 0.382. The van der Waals surface area contributed by atoms with Gasteiger partial charge in [-0.1, -0.05) is 11.6 Å². The van der Waals surface area contributed by atoms with E-state index in [0.29, 0.717) is 30.0 Å². The maximum atomic E-state index is 13.6. The highest BCUT2D eigenvalue weighted by molar-refractivity contribution is 6.33. The fourth-order valence-electron chi connectivity index (χ4n) is 5.33. The number of aromatic nitrogens is 2. The number of carbonyl (C=O) groups excluding carboxylic acids is 2. The second-order valence-corrected chi connectivity index (χ2v) is 10.9. The van der Waals surface area contributed by atoms with Crippen LogP contribution in [-0.2, 0) is 4.79 Å². The molecule has 2 aliphatic heterocycles. The van der Waals surface area contributed by atoms with E-state index in [9.17, 15) is 18.4 Å². The van der Waals surface area contributed by atoms with Crippen LogP contribution in [0, 0.1) is 11.6 Å². The lowest BCUT2D eigenvalue weighted by atomic mass is 10.1. The van der Waals surface area contributed by atoms with Crippen molar-refractivity contribution in [3.63, 3.8) is 0 Å². The van der Waals surface area contributed by atoms with Crippen LogP contribution in [-0.4, -0.2) is 66.5 Å². The molecule has 0 spiro atoms. The average Bonchev–Trinajstić information content (AvgIpc) is 3.43. The van der Waals surface area contributed by atoms with E-state index >= 15 is 0 Å². The predicted octanol–water partition coefficient (Wildman–Crippen LogP) is 5.45. The second-order valence-electron chi connectivity index (χ2n) is 10.5. The van der Waals surface area contributed by atoms with Crippen LogP contribution in [0.15, 0.2) is 42.6 Å². The van der Waals surface area contributed by atoms with Gasteiger partial charge in [-0.25, -0.2) is 13.8 Å². The number of piperidine rings is 1. The Kier molecular flexibility index (Phi) is 8.53. The summed E-state index contributed by atoms with van der Waals surface area (Å²) in [5.41, 5.74) is 2.08. The van der Waals surface area contributed by atoms with Crippen molar-refractivity contribution in [2.75, 3.05) is 54.2 Å². The van der Waals surface area contributed by atoms with Crippen molar-refractivity contribution in [2.24, 2.45) is 0 Å². The molecule has 0 saturated carbocycles. The van der Waals surface area contributed by atoms with E-state index in [2.05, 4.69) is 25.5 Å². The molecule has 0 bridgehead atoms. The Labute approximate surface area is 242 Å². The van der Waals surface area contributed by atoms with E-state index in [1.165, 1.54) is 17.5 Å². The van der Waals surface area contributed by atoms with Crippen molar-refractivity contribution in [1.29, 1.82) is 0 Å². The van der Waals surface area contributed by atoms with Gasteiger partial charge in [-0.3, -0.25) is 9.59 Å². The number of anilines is 5. The summed E-state index contributed by atoms with van der Waals surface area (Å²) in [6.07, 6.45) is 6.01. The van der Waals surface area contributed by atoms with Gasteiger partial charge in [0.2, 0.25) is 11.9 Å². The first-order valence-electron chi connectivity index (χ1n) is 13.6. The molecule has 0 radical (unpaired) electrons. The van der Waals surface area contributed by atoms with E-state index in [1.54, 1.807) is 25.1 Å². The number of benzene rings is 2. The normalized spacial score (nSPS) is 17.0. The van der Waals surface area contributed by atoms with Gasteiger partial charge in [0.25, 0.3) is 5.91 Å². The number of carbonyl (C=O) groups is 2. The van der Waals surface area contributed by atoms with E-state index in [0.717, 1.165) is 56.2 Å². The molecule has 0 aliphatic carbocycles. The summed E-state index contributed by atoms with van der Waals surface area (Å²) in [5.74, 6) is -1.44. The van der Waals surface area contributed by atoms with Crippen LogP contribution >= 0.6 is 11.6 Å². The third kappa shape index (κ3) is 6.51. The van der Waals surface area contributed by atoms with Gasteiger partial charge in [0.1, 0.15) is 22.7 Å². The van der Waals surface area contributed by atoms with Gasteiger partial charge in [-0.15, -0.1) is 0 Å². The Morgan fingerprint density at radius 2 is 1.71 bits per heavy atom. The fraction of sp³-hybridized carbons (Fsp3) is 0.379. The first-order chi connectivity index (χ1) is 19.7. The first kappa shape index (κ1) is 28.5. The lowest BCUT2D eigenvalue weighted by molar-refractivity contribution is -0.117. The number of rotatable bonds is 7. The van der Waals surface area contributed by atoms with Crippen molar-refractivity contribution >= 4 is 52.2 Å². The molecule has 9 nitrogen and oxygen atoms in total. The minimum Gasteiger partial charge on any atom is -0.371 e. The van der Waals surface area contributed by atoms with Crippen LogP contribution in [0.3, 0.4) is 0 Å². The molecule has 2 N–H and O–H groups in total. The SMILES string of the molecule is CN(C)C(=O)c1cc(NC(=O)[C@@H]2CCCN2c2nc(Nc3cc(F)cc(F)c3)ncc2Cl)ccc1N1CCCCC1. The lowest BCUT2D eigenvalue weighted by Crippen LogP contribution is -2.40. The Morgan fingerprint density at radius 1 is 0.976 bits per heavy atom. The lowest BCUT2D eigenvalue weighted by Gasteiger charge is -2.31. The highest BCUT2D eigenvalue weighted by Gasteiger charge is 2.33. The summed E-state index contributed by atoms with van der Waals surface area (Å²) >= 11 is 6.44. The second kappa shape index (κ2) is 12.3. The Balaban J connectivity index is 1.36. The average molecular weight is 584 g/mol. The number of halogens is 3. The van der Waals surface area contributed by atoms with Crippen molar-refractivity contribution < 1.29 is 18.4 Å². The Bertz CT molecular complexity index is 1430. The molecule has 1 aromatic heterocycles. The maximum Gasteiger partial charge on any atom is 0.255 e. The molecule has 2 aliphatic rings. The molecule has 3 aromatic rings. The summed E-state index contributed by atoms with van der Waals surface area (Å²) in [6, 6.07) is 7.91. The van der Waals surface area contributed by atoms with Crippen LogP contribution in [0.5, 0.6) is 0 Å². The highest BCUT2D eigenvalue weighted by Crippen LogP contribution is 2.33. The zero-order valence-electron chi connectivity index (χ0n) is 23.0. The van der Waals surface area contributed by atoms with Gasteiger partial charge < -0.3 is 25.3 Å². The van der Waals surface area contributed by atoms with Gasteiger partial charge in [0, 0.05) is 56.9 Å². The number of hydrogen-bond donors (Lipinski definition) is 2. The van der Waals surface area contributed by atoms with Gasteiger partial charge in [0.15, 0.2) is 5.82 Å².